The predicted molar refractivity (Wildman–Crippen MR) is 134 cm³/mol. The van der Waals surface area contributed by atoms with E-state index in [-0.39, 0.29) is 0 Å². The molecule has 1 unspecified atom stereocenters. The fourth-order valence-corrected chi connectivity index (χ4v) is 4.53. The third-order valence-electron chi connectivity index (χ3n) is 6.91. The molecule has 31 heavy (non-hydrogen) atoms. The lowest BCUT2D eigenvalue weighted by Crippen LogP contribution is -2.25. The van der Waals surface area contributed by atoms with E-state index in [1.54, 1.807) is 0 Å². The molecule has 0 fully saturated rings. The van der Waals surface area contributed by atoms with Crippen molar-refractivity contribution in [2.45, 2.75) is 72.1 Å². The number of hydrogen-bond donors (Lipinski definition) is 2. The summed E-state index contributed by atoms with van der Waals surface area (Å²) in [6.45, 7) is 12.8. The molecule has 2 heterocycles. The molecule has 4 rings (SSSR count). The van der Waals surface area contributed by atoms with Gasteiger partial charge in [0.05, 0.1) is 6.61 Å². The zero-order chi connectivity index (χ0) is 22.1. The van der Waals surface area contributed by atoms with E-state index >= 15 is 0 Å². The summed E-state index contributed by atoms with van der Waals surface area (Å²) in [4.78, 5) is 0. The smallest absolute Gasteiger partial charge is 0.124 e. The zero-order valence-corrected chi connectivity index (χ0v) is 20.1. The highest BCUT2D eigenvalue weighted by Crippen LogP contribution is 2.45. The molecule has 0 saturated heterocycles. The Labute approximate surface area is 190 Å². The standard InChI is InChI=1S/C22H28N2O.C6H14/c1-16-6-2-3-9-18(16)19-10-11-20-21-17(8-5-15-25-20)7-4-12-23-13-14-24-22(19)21;1-4-6(3)5-2/h2-3,6,9-11,17,23-24H,4-5,7-8,12-15H2,1H3;6H,4-5H2,1-3H3. The fourth-order valence-electron chi connectivity index (χ4n) is 4.53. The Morgan fingerprint density at radius 3 is 2.45 bits per heavy atom. The molecule has 0 spiro atoms. The van der Waals surface area contributed by atoms with Crippen LogP contribution < -0.4 is 15.4 Å². The number of aryl methyl sites for hydroxylation is 1. The van der Waals surface area contributed by atoms with Crippen LogP contribution in [0.1, 0.15) is 76.3 Å². The molecule has 3 heteroatoms. The van der Waals surface area contributed by atoms with Crippen molar-refractivity contribution in [1.29, 1.82) is 0 Å². The highest BCUT2D eigenvalue weighted by Gasteiger charge is 2.26. The summed E-state index contributed by atoms with van der Waals surface area (Å²) in [5, 5.41) is 7.31. The highest BCUT2D eigenvalue weighted by atomic mass is 16.5. The minimum Gasteiger partial charge on any atom is -0.493 e. The van der Waals surface area contributed by atoms with Gasteiger partial charge in [0, 0.05) is 29.9 Å². The summed E-state index contributed by atoms with van der Waals surface area (Å²) < 4.78 is 6.13. The molecular formula is C28H42N2O. The summed E-state index contributed by atoms with van der Waals surface area (Å²) in [6, 6.07) is 13.1. The molecule has 1 atom stereocenters. The molecule has 2 aliphatic rings. The summed E-state index contributed by atoms with van der Waals surface area (Å²) in [6.07, 6.45) is 7.49. The quantitative estimate of drug-likeness (QED) is 0.551. The summed E-state index contributed by atoms with van der Waals surface area (Å²) in [5.41, 5.74) is 6.66. The third kappa shape index (κ3) is 6.26. The number of anilines is 1. The van der Waals surface area contributed by atoms with Crippen molar-refractivity contribution in [2.24, 2.45) is 5.92 Å². The van der Waals surface area contributed by atoms with E-state index in [0.29, 0.717) is 5.92 Å². The minimum atomic E-state index is 0.587. The SMILES string of the molecule is CCC(C)CC.Cc1ccccc1-c1ccc2c3c1NCCNCCCC3CCCO2. The van der Waals surface area contributed by atoms with Crippen molar-refractivity contribution in [3.63, 3.8) is 0 Å². The minimum absolute atomic E-state index is 0.587. The average molecular weight is 423 g/mol. The van der Waals surface area contributed by atoms with Gasteiger partial charge in [-0.15, -0.1) is 0 Å². The van der Waals surface area contributed by atoms with Gasteiger partial charge in [-0.2, -0.15) is 0 Å². The number of hydrogen-bond acceptors (Lipinski definition) is 3. The van der Waals surface area contributed by atoms with Crippen LogP contribution >= 0.6 is 0 Å². The molecule has 2 aliphatic heterocycles. The maximum absolute atomic E-state index is 6.13. The monoisotopic (exact) mass is 422 g/mol. The molecule has 0 radical (unpaired) electrons. The summed E-state index contributed by atoms with van der Waals surface area (Å²) >= 11 is 0. The van der Waals surface area contributed by atoms with Crippen molar-refractivity contribution in [3.05, 3.63) is 47.5 Å². The van der Waals surface area contributed by atoms with Gasteiger partial charge in [-0.05, 0) is 74.2 Å². The van der Waals surface area contributed by atoms with Crippen LogP contribution in [0.2, 0.25) is 0 Å². The van der Waals surface area contributed by atoms with Crippen LogP contribution in [0.25, 0.3) is 11.1 Å². The van der Waals surface area contributed by atoms with Gasteiger partial charge < -0.3 is 15.4 Å². The predicted octanol–water partition coefficient (Wildman–Crippen LogP) is 7.16. The van der Waals surface area contributed by atoms with Crippen LogP contribution in [0.5, 0.6) is 5.75 Å². The van der Waals surface area contributed by atoms with Crippen molar-refractivity contribution in [1.82, 2.24) is 5.32 Å². The maximum atomic E-state index is 6.13. The van der Waals surface area contributed by atoms with Crippen molar-refractivity contribution >= 4 is 5.69 Å². The molecule has 0 saturated carbocycles. The van der Waals surface area contributed by atoms with Crippen molar-refractivity contribution in [2.75, 3.05) is 31.6 Å². The summed E-state index contributed by atoms with van der Waals surface area (Å²) in [7, 11) is 0. The Hall–Kier alpha value is -2.00. The van der Waals surface area contributed by atoms with Crippen LogP contribution in [0, 0.1) is 12.8 Å². The zero-order valence-electron chi connectivity index (χ0n) is 20.1. The van der Waals surface area contributed by atoms with Gasteiger partial charge in [0.2, 0.25) is 0 Å². The number of nitrogens with one attached hydrogen (secondary N) is 2. The van der Waals surface area contributed by atoms with Crippen LogP contribution in [-0.2, 0) is 0 Å². The molecular weight excluding hydrogens is 380 g/mol. The Morgan fingerprint density at radius 1 is 0.935 bits per heavy atom. The lowest BCUT2D eigenvalue weighted by atomic mass is 9.85. The van der Waals surface area contributed by atoms with E-state index in [0.717, 1.165) is 44.3 Å². The van der Waals surface area contributed by atoms with E-state index in [1.165, 1.54) is 60.0 Å². The van der Waals surface area contributed by atoms with E-state index < -0.39 is 0 Å². The number of benzene rings is 2. The second-order valence-electron chi connectivity index (χ2n) is 9.14. The van der Waals surface area contributed by atoms with Crippen LogP contribution in [-0.4, -0.2) is 26.2 Å². The Bertz CT molecular complexity index is 813. The Balaban J connectivity index is 0.000000401. The Kier molecular flexibility index (Phi) is 9.27. The number of ether oxygens (including phenoxy) is 1. The van der Waals surface area contributed by atoms with Gasteiger partial charge in [0.15, 0.2) is 0 Å². The molecule has 2 N–H and O–H groups in total. The molecule has 3 nitrogen and oxygen atoms in total. The van der Waals surface area contributed by atoms with Gasteiger partial charge in [0.1, 0.15) is 5.75 Å². The number of rotatable bonds is 3. The molecule has 2 aromatic carbocycles. The third-order valence-corrected chi connectivity index (χ3v) is 6.91. The average Bonchev–Trinajstić information content (AvgIpc) is 3.01. The van der Waals surface area contributed by atoms with E-state index in [2.05, 4.69) is 74.7 Å². The van der Waals surface area contributed by atoms with Gasteiger partial charge in [-0.3, -0.25) is 0 Å². The van der Waals surface area contributed by atoms with E-state index in [4.69, 9.17) is 4.74 Å². The van der Waals surface area contributed by atoms with Gasteiger partial charge in [-0.25, -0.2) is 0 Å². The van der Waals surface area contributed by atoms with Crippen LogP contribution in [0.4, 0.5) is 5.69 Å². The first-order valence-corrected chi connectivity index (χ1v) is 12.5. The van der Waals surface area contributed by atoms with Gasteiger partial charge >= 0.3 is 0 Å². The van der Waals surface area contributed by atoms with Crippen LogP contribution in [0.3, 0.4) is 0 Å². The molecule has 0 aromatic heterocycles. The second kappa shape index (κ2) is 12.1. The lowest BCUT2D eigenvalue weighted by molar-refractivity contribution is 0.316. The first-order valence-electron chi connectivity index (χ1n) is 12.5. The topological polar surface area (TPSA) is 33.3 Å². The van der Waals surface area contributed by atoms with Crippen molar-refractivity contribution < 1.29 is 4.74 Å². The molecule has 0 amide bonds. The largest absolute Gasteiger partial charge is 0.493 e. The van der Waals surface area contributed by atoms with E-state index in [1.807, 2.05) is 0 Å². The first-order chi connectivity index (χ1) is 15.2. The summed E-state index contributed by atoms with van der Waals surface area (Å²) in [5.74, 6) is 2.62. The van der Waals surface area contributed by atoms with Gasteiger partial charge in [-0.1, -0.05) is 57.9 Å². The van der Waals surface area contributed by atoms with Crippen molar-refractivity contribution in [3.8, 4) is 16.9 Å². The molecule has 2 aromatic rings. The Morgan fingerprint density at radius 2 is 1.71 bits per heavy atom. The highest BCUT2D eigenvalue weighted by molar-refractivity contribution is 5.84. The van der Waals surface area contributed by atoms with Crippen LogP contribution in [0.15, 0.2) is 36.4 Å². The fraction of sp³-hybridized carbons (Fsp3) is 0.571. The second-order valence-corrected chi connectivity index (χ2v) is 9.14. The maximum Gasteiger partial charge on any atom is 0.124 e. The first kappa shape index (κ1) is 23.7. The molecule has 0 aliphatic carbocycles. The lowest BCUT2D eigenvalue weighted by Gasteiger charge is -2.26. The normalized spacial score (nSPS) is 18.5. The van der Waals surface area contributed by atoms with Gasteiger partial charge in [0.25, 0.3) is 0 Å². The molecule has 0 bridgehead atoms. The molecule has 170 valence electrons. The van der Waals surface area contributed by atoms with E-state index in [9.17, 15) is 0 Å².